The van der Waals surface area contributed by atoms with Gasteiger partial charge in [0.2, 0.25) is 5.91 Å². The van der Waals surface area contributed by atoms with E-state index in [1.54, 1.807) is 12.4 Å². The molecule has 1 aromatic rings. The molecule has 0 bridgehead atoms. The molecule has 0 saturated carbocycles. The van der Waals surface area contributed by atoms with Crippen molar-refractivity contribution in [1.29, 1.82) is 0 Å². The molecule has 1 aromatic heterocycles. The Labute approximate surface area is 160 Å². The lowest BCUT2D eigenvalue weighted by Gasteiger charge is -2.48. The van der Waals surface area contributed by atoms with Crippen molar-refractivity contribution < 1.29 is 14.3 Å². The zero-order chi connectivity index (χ0) is 18.7. The van der Waals surface area contributed by atoms with Gasteiger partial charge in [-0.2, -0.15) is 0 Å². The SMILES string of the molecule is O=C1CCC2(CCN(C(=O)[C@H]3CCCCO3)CC2)CN1Cc1ccncc1. The second-order valence-electron chi connectivity index (χ2n) is 8.29. The van der Waals surface area contributed by atoms with Crippen molar-refractivity contribution in [2.45, 2.75) is 57.6 Å². The van der Waals surface area contributed by atoms with E-state index in [-0.39, 0.29) is 23.3 Å². The summed E-state index contributed by atoms with van der Waals surface area (Å²) in [6, 6.07) is 3.94. The molecule has 3 aliphatic heterocycles. The second kappa shape index (κ2) is 7.97. The maximum absolute atomic E-state index is 12.7. The first-order valence-electron chi connectivity index (χ1n) is 10.2. The number of carbonyl (C=O) groups is 2. The molecule has 6 nitrogen and oxygen atoms in total. The lowest BCUT2D eigenvalue weighted by atomic mass is 9.72. The van der Waals surface area contributed by atoms with Gasteiger partial charge in [-0.3, -0.25) is 14.6 Å². The average molecular weight is 371 g/mol. The highest BCUT2D eigenvalue weighted by Crippen LogP contribution is 2.41. The maximum Gasteiger partial charge on any atom is 0.251 e. The first-order valence-corrected chi connectivity index (χ1v) is 10.2. The van der Waals surface area contributed by atoms with Crippen LogP contribution in [-0.4, -0.2) is 58.9 Å². The Kier molecular flexibility index (Phi) is 5.43. The van der Waals surface area contributed by atoms with Gasteiger partial charge in [0, 0.05) is 51.6 Å². The van der Waals surface area contributed by atoms with Gasteiger partial charge in [0.25, 0.3) is 5.91 Å². The average Bonchev–Trinajstić information content (AvgIpc) is 2.72. The number of hydrogen-bond acceptors (Lipinski definition) is 4. The Bertz CT molecular complexity index is 665. The van der Waals surface area contributed by atoms with Gasteiger partial charge in [0.05, 0.1) is 0 Å². The molecule has 6 heteroatoms. The maximum atomic E-state index is 12.7. The molecule has 1 spiro atoms. The Balaban J connectivity index is 1.35. The van der Waals surface area contributed by atoms with Gasteiger partial charge in [-0.1, -0.05) is 0 Å². The number of amides is 2. The third kappa shape index (κ3) is 4.15. The van der Waals surface area contributed by atoms with Gasteiger partial charge >= 0.3 is 0 Å². The van der Waals surface area contributed by atoms with Crippen molar-refractivity contribution in [2.75, 3.05) is 26.2 Å². The quantitative estimate of drug-likeness (QED) is 0.818. The third-order valence-corrected chi connectivity index (χ3v) is 6.46. The Morgan fingerprint density at radius 1 is 1.19 bits per heavy atom. The fraction of sp³-hybridized carbons (Fsp3) is 0.667. The lowest BCUT2D eigenvalue weighted by Crippen LogP contribution is -2.53. The fourth-order valence-electron chi connectivity index (χ4n) is 4.70. The summed E-state index contributed by atoms with van der Waals surface area (Å²) in [5.41, 5.74) is 1.28. The molecule has 0 aliphatic carbocycles. The van der Waals surface area contributed by atoms with E-state index in [9.17, 15) is 9.59 Å². The van der Waals surface area contributed by atoms with E-state index in [0.29, 0.717) is 19.6 Å². The number of hydrogen-bond donors (Lipinski definition) is 0. The van der Waals surface area contributed by atoms with Crippen molar-refractivity contribution in [1.82, 2.24) is 14.8 Å². The molecule has 1 atom stereocenters. The largest absolute Gasteiger partial charge is 0.368 e. The molecule has 3 saturated heterocycles. The Hall–Kier alpha value is -1.95. The summed E-state index contributed by atoms with van der Waals surface area (Å²) >= 11 is 0. The summed E-state index contributed by atoms with van der Waals surface area (Å²) in [7, 11) is 0. The number of piperidine rings is 2. The highest BCUT2D eigenvalue weighted by molar-refractivity contribution is 5.81. The van der Waals surface area contributed by atoms with Crippen LogP contribution in [0, 0.1) is 5.41 Å². The minimum atomic E-state index is -0.232. The highest BCUT2D eigenvalue weighted by Gasteiger charge is 2.42. The van der Waals surface area contributed by atoms with Gasteiger partial charge < -0.3 is 14.5 Å². The summed E-state index contributed by atoms with van der Waals surface area (Å²) in [6.07, 6.45) is 9.84. The standard InChI is InChI=1S/C21H29N3O3/c25-19-4-7-21(16-24(19)15-17-5-10-22-11-6-17)8-12-23(13-9-21)20(26)18-3-1-2-14-27-18/h5-6,10-11,18H,1-4,7-9,12-16H2/t18-/m1/s1. The van der Waals surface area contributed by atoms with Crippen molar-refractivity contribution in [3.05, 3.63) is 30.1 Å². The zero-order valence-corrected chi connectivity index (χ0v) is 15.9. The summed E-state index contributed by atoms with van der Waals surface area (Å²) in [5.74, 6) is 0.414. The van der Waals surface area contributed by atoms with E-state index in [1.807, 2.05) is 21.9 Å². The van der Waals surface area contributed by atoms with Crippen LogP contribution < -0.4 is 0 Å². The number of carbonyl (C=O) groups excluding carboxylic acids is 2. The van der Waals surface area contributed by atoms with Crippen LogP contribution in [0.4, 0.5) is 0 Å². The van der Waals surface area contributed by atoms with E-state index >= 15 is 0 Å². The van der Waals surface area contributed by atoms with E-state index < -0.39 is 0 Å². The van der Waals surface area contributed by atoms with E-state index in [4.69, 9.17) is 4.74 Å². The molecule has 0 radical (unpaired) electrons. The molecule has 2 amide bonds. The van der Waals surface area contributed by atoms with Crippen LogP contribution >= 0.6 is 0 Å². The van der Waals surface area contributed by atoms with Crippen LogP contribution in [0.2, 0.25) is 0 Å². The van der Waals surface area contributed by atoms with Gasteiger partial charge in [-0.15, -0.1) is 0 Å². The number of ether oxygens (including phenoxy) is 1. The van der Waals surface area contributed by atoms with Crippen LogP contribution in [0.5, 0.6) is 0 Å². The summed E-state index contributed by atoms with van der Waals surface area (Å²) < 4.78 is 5.68. The van der Waals surface area contributed by atoms with Crippen LogP contribution in [0.25, 0.3) is 0 Å². The van der Waals surface area contributed by atoms with Gasteiger partial charge in [0.15, 0.2) is 0 Å². The lowest BCUT2D eigenvalue weighted by molar-refractivity contribution is -0.151. The number of pyridine rings is 1. The Morgan fingerprint density at radius 3 is 2.67 bits per heavy atom. The summed E-state index contributed by atoms with van der Waals surface area (Å²) in [5, 5.41) is 0. The molecule has 0 unspecified atom stereocenters. The van der Waals surface area contributed by atoms with Crippen LogP contribution in [-0.2, 0) is 20.9 Å². The molecular weight excluding hydrogens is 342 g/mol. The van der Waals surface area contributed by atoms with E-state index in [1.165, 1.54) is 0 Å². The van der Waals surface area contributed by atoms with Crippen LogP contribution in [0.15, 0.2) is 24.5 Å². The van der Waals surface area contributed by atoms with Gasteiger partial charge in [-0.25, -0.2) is 0 Å². The first-order chi connectivity index (χ1) is 13.2. The first kappa shape index (κ1) is 18.4. The summed E-state index contributed by atoms with van der Waals surface area (Å²) in [6.45, 7) is 3.74. The van der Waals surface area contributed by atoms with E-state index in [0.717, 1.165) is 63.7 Å². The predicted octanol–water partition coefficient (Wildman–Crippen LogP) is 2.38. The number of aromatic nitrogens is 1. The molecule has 4 rings (SSSR count). The van der Waals surface area contributed by atoms with Crippen molar-refractivity contribution in [2.24, 2.45) is 5.41 Å². The fourth-order valence-corrected chi connectivity index (χ4v) is 4.70. The molecule has 0 aromatic carbocycles. The zero-order valence-electron chi connectivity index (χ0n) is 15.9. The number of rotatable bonds is 3. The molecule has 4 heterocycles. The molecule has 3 fully saturated rings. The predicted molar refractivity (Wildman–Crippen MR) is 101 cm³/mol. The van der Waals surface area contributed by atoms with Gasteiger partial charge in [-0.05, 0) is 61.6 Å². The normalized spacial score (nSPS) is 25.6. The summed E-state index contributed by atoms with van der Waals surface area (Å²) in [4.78, 5) is 33.2. The van der Waals surface area contributed by atoms with E-state index in [2.05, 4.69) is 4.98 Å². The highest BCUT2D eigenvalue weighted by atomic mass is 16.5. The second-order valence-corrected chi connectivity index (χ2v) is 8.29. The smallest absolute Gasteiger partial charge is 0.251 e. The van der Waals surface area contributed by atoms with Crippen molar-refractivity contribution >= 4 is 11.8 Å². The Morgan fingerprint density at radius 2 is 1.96 bits per heavy atom. The molecule has 146 valence electrons. The minimum absolute atomic E-state index is 0.158. The third-order valence-electron chi connectivity index (χ3n) is 6.46. The molecule has 27 heavy (non-hydrogen) atoms. The van der Waals surface area contributed by atoms with Crippen LogP contribution in [0.3, 0.4) is 0 Å². The van der Waals surface area contributed by atoms with Crippen molar-refractivity contribution in [3.63, 3.8) is 0 Å². The van der Waals surface area contributed by atoms with Crippen LogP contribution in [0.1, 0.15) is 50.5 Å². The topological polar surface area (TPSA) is 62.7 Å². The molecule has 0 N–H and O–H groups in total. The van der Waals surface area contributed by atoms with Crippen molar-refractivity contribution in [3.8, 4) is 0 Å². The number of likely N-dealkylation sites (tertiary alicyclic amines) is 2. The monoisotopic (exact) mass is 371 g/mol. The molecule has 3 aliphatic rings. The van der Waals surface area contributed by atoms with Gasteiger partial charge in [0.1, 0.15) is 6.10 Å². The minimum Gasteiger partial charge on any atom is -0.368 e. The molecular formula is C21H29N3O3. The number of nitrogens with zero attached hydrogens (tertiary/aromatic N) is 3.